The van der Waals surface area contributed by atoms with Crippen LogP contribution in [0.15, 0.2) is 11.4 Å². The molecule has 6 nitrogen and oxygen atoms in total. The first-order valence-corrected chi connectivity index (χ1v) is 6.85. The minimum Gasteiger partial charge on any atom is -0.396 e. The van der Waals surface area contributed by atoms with E-state index in [1.54, 1.807) is 18.1 Å². The van der Waals surface area contributed by atoms with Crippen LogP contribution in [0, 0.1) is 0 Å². The number of hydrogen-bond donors (Lipinski definition) is 3. The molecule has 98 valence electrons. The summed E-state index contributed by atoms with van der Waals surface area (Å²) in [5.74, 6) is 0.593. The van der Waals surface area contributed by atoms with Crippen molar-refractivity contribution in [2.45, 2.75) is 30.5 Å². The normalized spacial score (nSPS) is 12.8. The van der Waals surface area contributed by atoms with E-state index in [1.165, 1.54) is 0 Å². The Morgan fingerprint density at radius 2 is 2.33 bits per heavy atom. The van der Waals surface area contributed by atoms with Crippen LogP contribution in [0.25, 0.3) is 11.2 Å². The summed E-state index contributed by atoms with van der Waals surface area (Å²) >= 11 is 1.62. The van der Waals surface area contributed by atoms with Gasteiger partial charge in [0.2, 0.25) is 5.95 Å². The molecular formula is C11H17N5OS. The lowest BCUT2D eigenvalue weighted by atomic mass is 10.3. The van der Waals surface area contributed by atoms with E-state index in [9.17, 15) is 0 Å². The van der Waals surface area contributed by atoms with Crippen LogP contribution in [0.1, 0.15) is 20.3 Å². The van der Waals surface area contributed by atoms with Gasteiger partial charge in [0.15, 0.2) is 5.65 Å². The highest BCUT2D eigenvalue weighted by molar-refractivity contribution is 8.00. The van der Waals surface area contributed by atoms with E-state index in [0.717, 1.165) is 23.5 Å². The van der Waals surface area contributed by atoms with Crippen LogP contribution < -0.4 is 5.32 Å². The third-order valence-corrected chi connectivity index (χ3v) is 3.59. The van der Waals surface area contributed by atoms with Crippen molar-refractivity contribution >= 4 is 28.9 Å². The highest BCUT2D eigenvalue weighted by Crippen LogP contribution is 2.28. The van der Waals surface area contributed by atoms with E-state index >= 15 is 0 Å². The first-order chi connectivity index (χ1) is 8.74. The zero-order valence-electron chi connectivity index (χ0n) is 10.5. The molecule has 2 rings (SSSR count). The quantitative estimate of drug-likeness (QED) is 0.545. The molecule has 2 aromatic heterocycles. The fourth-order valence-electron chi connectivity index (χ4n) is 1.56. The minimum atomic E-state index is 0.186. The number of thioether (sulfide) groups is 1. The molecule has 0 amide bonds. The summed E-state index contributed by atoms with van der Waals surface area (Å²) in [5, 5.41) is 13.2. The maximum Gasteiger partial charge on any atom is 0.225 e. The average Bonchev–Trinajstić information content (AvgIpc) is 2.78. The van der Waals surface area contributed by atoms with Gasteiger partial charge < -0.3 is 15.4 Å². The van der Waals surface area contributed by atoms with E-state index in [2.05, 4.69) is 32.2 Å². The zero-order chi connectivity index (χ0) is 13.0. The third-order valence-electron chi connectivity index (χ3n) is 2.44. The SMILES string of the molecule is CCNc1nc(SC(C)CCO)c2[nH]cnc2n1. The van der Waals surface area contributed by atoms with Crippen molar-refractivity contribution in [2.24, 2.45) is 0 Å². The van der Waals surface area contributed by atoms with E-state index in [4.69, 9.17) is 5.11 Å². The molecule has 0 aliphatic heterocycles. The van der Waals surface area contributed by atoms with E-state index < -0.39 is 0 Å². The van der Waals surface area contributed by atoms with Crippen molar-refractivity contribution in [1.82, 2.24) is 19.9 Å². The number of rotatable bonds is 6. The molecule has 7 heteroatoms. The Morgan fingerprint density at radius 3 is 3.06 bits per heavy atom. The Bertz CT molecular complexity index is 515. The number of anilines is 1. The lowest BCUT2D eigenvalue weighted by molar-refractivity contribution is 0.289. The second-order valence-corrected chi connectivity index (χ2v) is 5.35. The van der Waals surface area contributed by atoms with E-state index in [1.807, 2.05) is 6.92 Å². The number of fused-ring (bicyclic) bond motifs is 1. The number of nitrogens with zero attached hydrogens (tertiary/aromatic N) is 3. The molecule has 2 aromatic rings. The van der Waals surface area contributed by atoms with Crippen LogP contribution >= 0.6 is 11.8 Å². The van der Waals surface area contributed by atoms with Crippen molar-refractivity contribution in [3.05, 3.63) is 6.33 Å². The Morgan fingerprint density at radius 1 is 1.50 bits per heavy atom. The summed E-state index contributed by atoms with van der Waals surface area (Å²) in [6.07, 6.45) is 2.36. The maximum absolute atomic E-state index is 8.95. The fourth-order valence-corrected chi connectivity index (χ4v) is 2.57. The number of aromatic nitrogens is 4. The summed E-state index contributed by atoms with van der Waals surface area (Å²) in [4.78, 5) is 16.0. The molecular weight excluding hydrogens is 250 g/mol. The average molecular weight is 267 g/mol. The highest BCUT2D eigenvalue weighted by Gasteiger charge is 2.13. The summed E-state index contributed by atoms with van der Waals surface area (Å²) in [6.45, 7) is 5.02. The molecule has 18 heavy (non-hydrogen) atoms. The number of H-pyrrole nitrogens is 1. The second kappa shape index (κ2) is 6.01. The first kappa shape index (κ1) is 13.1. The number of hydrogen-bond acceptors (Lipinski definition) is 6. The second-order valence-electron chi connectivity index (χ2n) is 3.92. The zero-order valence-corrected chi connectivity index (χ0v) is 11.3. The van der Waals surface area contributed by atoms with Crippen molar-refractivity contribution in [3.8, 4) is 0 Å². The van der Waals surface area contributed by atoms with Crippen LogP contribution in [0.4, 0.5) is 5.95 Å². The molecule has 0 radical (unpaired) electrons. The predicted molar refractivity (Wildman–Crippen MR) is 72.9 cm³/mol. The van der Waals surface area contributed by atoms with Gasteiger partial charge in [0, 0.05) is 18.4 Å². The monoisotopic (exact) mass is 267 g/mol. The molecule has 0 saturated heterocycles. The molecule has 2 heterocycles. The van der Waals surface area contributed by atoms with Crippen LogP contribution in [-0.2, 0) is 0 Å². The summed E-state index contributed by atoms with van der Waals surface area (Å²) in [6, 6.07) is 0. The molecule has 0 fully saturated rings. The molecule has 0 bridgehead atoms. The van der Waals surface area contributed by atoms with Gasteiger partial charge in [-0.2, -0.15) is 4.98 Å². The van der Waals surface area contributed by atoms with Crippen LogP contribution in [0.2, 0.25) is 0 Å². The van der Waals surface area contributed by atoms with Gasteiger partial charge in [-0.3, -0.25) is 0 Å². The van der Waals surface area contributed by atoms with Crippen molar-refractivity contribution < 1.29 is 5.11 Å². The molecule has 0 saturated carbocycles. The molecule has 1 unspecified atom stereocenters. The standard InChI is InChI=1S/C11H17N5OS/c1-3-12-11-15-9-8(13-6-14-9)10(16-11)18-7(2)4-5-17/h6-7,17H,3-5H2,1-2H3,(H2,12,13,14,15,16). The van der Waals surface area contributed by atoms with E-state index in [0.29, 0.717) is 16.8 Å². The minimum absolute atomic E-state index is 0.186. The molecule has 3 N–H and O–H groups in total. The van der Waals surface area contributed by atoms with Gasteiger partial charge in [0.1, 0.15) is 10.5 Å². The lowest BCUT2D eigenvalue weighted by Crippen LogP contribution is -2.05. The predicted octanol–water partition coefficient (Wildman–Crippen LogP) is 1.65. The third kappa shape index (κ3) is 2.91. The molecule has 0 aliphatic carbocycles. The highest BCUT2D eigenvalue weighted by atomic mass is 32.2. The van der Waals surface area contributed by atoms with Crippen LogP contribution in [0.5, 0.6) is 0 Å². The lowest BCUT2D eigenvalue weighted by Gasteiger charge is -2.10. The number of aliphatic hydroxyl groups is 1. The molecule has 1 atom stereocenters. The number of imidazole rings is 1. The smallest absolute Gasteiger partial charge is 0.225 e. The van der Waals surface area contributed by atoms with E-state index in [-0.39, 0.29) is 6.61 Å². The van der Waals surface area contributed by atoms with Gasteiger partial charge in [0.25, 0.3) is 0 Å². The molecule has 0 spiro atoms. The Balaban J connectivity index is 2.31. The van der Waals surface area contributed by atoms with Gasteiger partial charge in [-0.25, -0.2) is 9.97 Å². The molecule has 0 aromatic carbocycles. The number of aliphatic hydroxyl groups excluding tert-OH is 1. The van der Waals surface area contributed by atoms with Gasteiger partial charge in [-0.1, -0.05) is 6.92 Å². The fraction of sp³-hybridized carbons (Fsp3) is 0.545. The summed E-state index contributed by atoms with van der Waals surface area (Å²) in [7, 11) is 0. The van der Waals surface area contributed by atoms with Crippen LogP contribution in [-0.4, -0.2) is 43.4 Å². The largest absolute Gasteiger partial charge is 0.396 e. The number of aromatic amines is 1. The number of nitrogens with one attached hydrogen (secondary N) is 2. The van der Waals surface area contributed by atoms with Crippen LogP contribution in [0.3, 0.4) is 0 Å². The van der Waals surface area contributed by atoms with Crippen molar-refractivity contribution in [1.29, 1.82) is 0 Å². The Labute approximate surface area is 110 Å². The van der Waals surface area contributed by atoms with Gasteiger partial charge in [0.05, 0.1) is 6.33 Å². The van der Waals surface area contributed by atoms with Gasteiger partial charge in [-0.15, -0.1) is 11.8 Å². The van der Waals surface area contributed by atoms with Crippen molar-refractivity contribution in [2.75, 3.05) is 18.5 Å². The summed E-state index contributed by atoms with van der Waals surface area (Å²) < 4.78 is 0. The van der Waals surface area contributed by atoms with Gasteiger partial charge >= 0.3 is 0 Å². The first-order valence-electron chi connectivity index (χ1n) is 5.97. The topological polar surface area (TPSA) is 86.7 Å². The Hall–Kier alpha value is -1.34. The summed E-state index contributed by atoms with van der Waals surface area (Å²) in [5.41, 5.74) is 1.52. The molecule has 0 aliphatic rings. The maximum atomic E-state index is 8.95. The Kier molecular flexibility index (Phi) is 4.38. The van der Waals surface area contributed by atoms with Gasteiger partial charge in [-0.05, 0) is 13.3 Å². The van der Waals surface area contributed by atoms with Crippen molar-refractivity contribution in [3.63, 3.8) is 0 Å².